The molecule has 0 radical (unpaired) electrons. The fraction of sp³-hybridized carbons (Fsp3) is 0.222. The molecule has 1 aliphatic heterocycles. The quantitative estimate of drug-likeness (QED) is 0.910. The van der Waals surface area contributed by atoms with Gasteiger partial charge in [-0.2, -0.15) is 0 Å². The van der Waals surface area contributed by atoms with Crippen LogP contribution in [0.4, 0.5) is 0 Å². The topological polar surface area (TPSA) is 66.4 Å². The Morgan fingerprint density at radius 2 is 1.77 bits per heavy atom. The molecule has 0 saturated carbocycles. The van der Waals surface area contributed by atoms with Gasteiger partial charge in [-0.1, -0.05) is 42.5 Å². The maximum Gasteiger partial charge on any atom is 0.335 e. The van der Waals surface area contributed by atoms with E-state index >= 15 is 0 Å². The monoisotopic (exact) mass is 295 g/mol. The number of carboxylic acids is 1. The number of rotatable bonds is 4. The summed E-state index contributed by atoms with van der Waals surface area (Å²) in [4.78, 5) is 23.1. The highest BCUT2D eigenvalue weighted by atomic mass is 16.4. The van der Waals surface area contributed by atoms with Gasteiger partial charge in [0.25, 0.3) is 0 Å². The number of carbonyl (C=O) groups excluding carboxylic acids is 1. The van der Waals surface area contributed by atoms with Gasteiger partial charge in [0.2, 0.25) is 5.91 Å². The van der Waals surface area contributed by atoms with Gasteiger partial charge in [-0.25, -0.2) is 4.79 Å². The van der Waals surface area contributed by atoms with Crippen LogP contribution >= 0.6 is 0 Å². The second kappa shape index (κ2) is 6.02. The van der Waals surface area contributed by atoms with Crippen LogP contribution in [0.5, 0.6) is 0 Å². The lowest BCUT2D eigenvalue weighted by atomic mass is 9.84. The van der Waals surface area contributed by atoms with Crippen molar-refractivity contribution in [1.82, 2.24) is 5.32 Å². The molecule has 1 amide bonds. The fourth-order valence-electron chi connectivity index (χ4n) is 3.04. The van der Waals surface area contributed by atoms with Crippen molar-refractivity contribution in [2.24, 2.45) is 5.92 Å². The van der Waals surface area contributed by atoms with E-state index in [4.69, 9.17) is 5.11 Å². The van der Waals surface area contributed by atoms with Crippen molar-refractivity contribution < 1.29 is 14.7 Å². The van der Waals surface area contributed by atoms with E-state index in [9.17, 15) is 9.59 Å². The summed E-state index contributed by atoms with van der Waals surface area (Å²) >= 11 is 0. The minimum atomic E-state index is -0.955. The van der Waals surface area contributed by atoms with E-state index in [0.29, 0.717) is 6.54 Å². The van der Waals surface area contributed by atoms with E-state index in [2.05, 4.69) is 17.4 Å². The molecular formula is C18H17NO3. The van der Waals surface area contributed by atoms with Gasteiger partial charge in [0, 0.05) is 6.54 Å². The lowest BCUT2D eigenvalue weighted by Gasteiger charge is -2.17. The van der Waals surface area contributed by atoms with Crippen LogP contribution in [-0.4, -0.2) is 23.5 Å². The molecule has 2 atom stereocenters. The van der Waals surface area contributed by atoms with Crippen LogP contribution in [0, 0.1) is 5.92 Å². The van der Waals surface area contributed by atoms with E-state index in [1.54, 1.807) is 24.3 Å². The lowest BCUT2D eigenvalue weighted by molar-refractivity contribution is -0.120. The molecule has 4 heteroatoms. The van der Waals surface area contributed by atoms with Gasteiger partial charge in [0.15, 0.2) is 0 Å². The van der Waals surface area contributed by atoms with Gasteiger partial charge in [-0.05, 0) is 35.6 Å². The van der Waals surface area contributed by atoms with Crippen LogP contribution in [0.3, 0.4) is 0 Å². The standard InChI is InChI=1S/C18H17NO3/c20-17-16(13-6-8-14(9-7-13)18(21)22)15(11-19-17)10-12-4-2-1-3-5-12/h1-9,15-16H,10-11H2,(H,19,20)(H,21,22)/t15?,16-/m0/s1. The molecular weight excluding hydrogens is 278 g/mol. The Hall–Kier alpha value is -2.62. The third kappa shape index (κ3) is 2.86. The Labute approximate surface area is 128 Å². The van der Waals surface area contributed by atoms with Gasteiger partial charge in [-0.15, -0.1) is 0 Å². The summed E-state index contributed by atoms with van der Waals surface area (Å²) in [6, 6.07) is 16.7. The van der Waals surface area contributed by atoms with E-state index in [1.807, 2.05) is 18.2 Å². The first-order valence-electron chi connectivity index (χ1n) is 7.30. The molecule has 4 nitrogen and oxygen atoms in total. The number of carboxylic acid groups (broad SMARTS) is 1. The van der Waals surface area contributed by atoms with Crippen molar-refractivity contribution in [3.63, 3.8) is 0 Å². The zero-order chi connectivity index (χ0) is 15.5. The number of carbonyl (C=O) groups is 2. The molecule has 112 valence electrons. The van der Waals surface area contributed by atoms with Gasteiger partial charge in [0.1, 0.15) is 0 Å². The average Bonchev–Trinajstić information content (AvgIpc) is 2.89. The fourth-order valence-corrected chi connectivity index (χ4v) is 3.04. The number of benzene rings is 2. The van der Waals surface area contributed by atoms with E-state index in [0.717, 1.165) is 12.0 Å². The second-order valence-corrected chi connectivity index (χ2v) is 5.60. The number of amides is 1. The Balaban J connectivity index is 1.83. The van der Waals surface area contributed by atoms with Crippen LogP contribution in [0.2, 0.25) is 0 Å². The van der Waals surface area contributed by atoms with Gasteiger partial charge in [-0.3, -0.25) is 4.79 Å². The molecule has 0 aromatic heterocycles. The first-order chi connectivity index (χ1) is 10.6. The number of hydrogen-bond donors (Lipinski definition) is 2. The molecule has 2 N–H and O–H groups in total. The van der Waals surface area contributed by atoms with Crippen molar-refractivity contribution in [2.45, 2.75) is 12.3 Å². The summed E-state index contributed by atoms with van der Waals surface area (Å²) in [6.07, 6.45) is 0.824. The van der Waals surface area contributed by atoms with Crippen LogP contribution in [0.1, 0.15) is 27.4 Å². The van der Waals surface area contributed by atoms with Gasteiger partial charge in [0.05, 0.1) is 11.5 Å². The summed E-state index contributed by atoms with van der Waals surface area (Å²) in [6.45, 7) is 0.652. The van der Waals surface area contributed by atoms with Crippen molar-refractivity contribution in [2.75, 3.05) is 6.54 Å². The molecule has 1 fully saturated rings. The van der Waals surface area contributed by atoms with E-state index in [1.165, 1.54) is 5.56 Å². The highest BCUT2D eigenvalue weighted by molar-refractivity contribution is 5.89. The maximum absolute atomic E-state index is 12.2. The van der Waals surface area contributed by atoms with Crippen LogP contribution in [0.25, 0.3) is 0 Å². The minimum Gasteiger partial charge on any atom is -0.478 e. The predicted octanol–water partition coefficient (Wildman–Crippen LogP) is 2.46. The molecule has 1 aliphatic rings. The molecule has 22 heavy (non-hydrogen) atoms. The van der Waals surface area contributed by atoms with Crippen molar-refractivity contribution >= 4 is 11.9 Å². The second-order valence-electron chi connectivity index (χ2n) is 5.60. The molecule has 2 aromatic carbocycles. The molecule has 0 bridgehead atoms. The zero-order valence-corrected chi connectivity index (χ0v) is 12.0. The van der Waals surface area contributed by atoms with Crippen molar-refractivity contribution in [3.05, 3.63) is 71.3 Å². The molecule has 0 aliphatic carbocycles. The minimum absolute atomic E-state index is 0.0176. The highest BCUT2D eigenvalue weighted by Crippen LogP contribution is 2.31. The van der Waals surface area contributed by atoms with Crippen molar-refractivity contribution in [1.29, 1.82) is 0 Å². The van der Waals surface area contributed by atoms with Crippen LogP contribution < -0.4 is 5.32 Å². The molecule has 1 saturated heterocycles. The summed E-state index contributed by atoms with van der Waals surface area (Å²) in [5.41, 5.74) is 2.32. The smallest absolute Gasteiger partial charge is 0.335 e. The largest absolute Gasteiger partial charge is 0.478 e. The predicted molar refractivity (Wildman–Crippen MR) is 82.8 cm³/mol. The Kier molecular flexibility index (Phi) is 3.92. The molecule has 1 unspecified atom stereocenters. The molecule has 1 heterocycles. The Morgan fingerprint density at radius 1 is 1.09 bits per heavy atom. The average molecular weight is 295 g/mol. The SMILES string of the molecule is O=C(O)c1ccc([C@@H]2C(=O)NCC2Cc2ccccc2)cc1. The van der Waals surface area contributed by atoms with Gasteiger partial charge >= 0.3 is 5.97 Å². The third-order valence-corrected chi connectivity index (χ3v) is 4.15. The van der Waals surface area contributed by atoms with Gasteiger partial charge < -0.3 is 10.4 Å². The summed E-state index contributed by atoms with van der Waals surface area (Å²) in [5, 5.41) is 11.9. The van der Waals surface area contributed by atoms with Crippen LogP contribution in [0.15, 0.2) is 54.6 Å². The lowest BCUT2D eigenvalue weighted by Crippen LogP contribution is -2.18. The zero-order valence-electron chi connectivity index (χ0n) is 12.0. The number of hydrogen-bond acceptors (Lipinski definition) is 2. The summed E-state index contributed by atoms with van der Waals surface area (Å²) in [5.74, 6) is -0.971. The molecule has 3 rings (SSSR count). The molecule has 0 spiro atoms. The summed E-state index contributed by atoms with van der Waals surface area (Å²) in [7, 11) is 0. The van der Waals surface area contributed by atoms with Crippen LogP contribution in [-0.2, 0) is 11.2 Å². The number of aromatic carboxylic acids is 1. The maximum atomic E-state index is 12.2. The number of nitrogens with one attached hydrogen (secondary N) is 1. The Bertz CT molecular complexity index is 679. The molecule has 2 aromatic rings. The van der Waals surface area contributed by atoms with E-state index < -0.39 is 5.97 Å². The highest BCUT2D eigenvalue weighted by Gasteiger charge is 2.35. The van der Waals surface area contributed by atoms with E-state index in [-0.39, 0.29) is 23.3 Å². The van der Waals surface area contributed by atoms with Crippen molar-refractivity contribution in [3.8, 4) is 0 Å². The first-order valence-corrected chi connectivity index (χ1v) is 7.30. The normalized spacial score (nSPS) is 20.6. The third-order valence-electron chi connectivity index (χ3n) is 4.15. The first kappa shape index (κ1) is 14.3. The summed E-state index contributed by atoms with van der Waals surface area (Å²) < 4.78 is 0. The Morgan fingerprint density at radius 3 is 2.41 bits per heavy atom.